The van der Waals surface area contributed by atoms with Crippen LogP contribution in [-0.2, 0) is 9.53 Å². The molecule has 0 bridgehead atoms. The van der Waals surface area contributed by atoms with E-state index in [-0.39, 0.29) is 53.1 Å². The number of fused-ring (bicyclic) bond motifs is 2. The Labute approximate surface area is 211 Å². The molecule has 1 aromatic carbocycles. The SMILES string of the molecule is CNC(=O)N[C@@H]1CC[C@]2(C)[C@@H](C1)C[C@H]1C(=O)O[C@H](C)[C@H]1[C@H]2/C=C/c1ccc(-c2cccc(F)c2)cn1. The van der Waals surface area contributed by atoms with Gasteiger partial charge in [-0.05, 0) is 79.7 Å². The van der Waals surface area contributed by atoms with E-state index in [4.69, 9.17) is 4.74 Å². The van der Waals surface area contributed by atoms with Crippen molar-refractivity contribution in [2.24, 2.45) is 29.1 Å². The minimum Gasteiger partial charge on any atom is -0.462 e. The number of hydrogen-bond acceptors (Lipinski definition) is 4. The summed E-state index contributed by atoms with van der Waals surface area (Å²) in [7, 11) is 1.63. The van der Waals surface area contributed by atoms with Crippen LogP contribution < -0.4 is 10.6 Å². The first kappa shape index (κ1) is 24.5. The van der Waals surface area contributed by atoms with Crippen LogP contribution in [0.2, 0.25) is 0 Å². The highest BCUT2D eigenvalue weighted by Crippen LogP contribution is 2.60. The number of carbonyl (C=O) groups excluding carboxylic acids is 2. The molecule has 3 fully saturated rings. The second-order valence-corrected chi connectivity index (χ2v) is 10.8. The van der Waals surface area contributed by atoms with Gasteiger partial charge in [-0.1, -0.05) is 31.2 Å². The van der Waals surface area contributed by atoms with Crippen LogP contribution in [0, 0.1) is 34.9 Å². The van der Waals surface area contributed by atoms with Crippen molar-refractivity contribution >= 4 is 18.1 Å². The number of halogens is 1. The van der Waals surface area contributed by atoms with E-state index in [0.29, 0.717) is 5.92 Å². The van der Waals surface area contributed by atoms with Gasteiger partial charge in [-0.15, -0.1) is 0 Å². The number of rotatable bonds is 4. The van der Waals surface area contributed by atoms with Crippen molar-refractivity contribution < 1.29 is 18.7 Å². The van der Waals surface area contributed by atoms with Crippen LogP contribution in [0.4, 0.5) is 9.18 Å². The van der Waals surface area contributed by atoms with Gasteiger partial charge < -0.3 is 15.4 Å². The number of carbonyl (C=O) groups is 2. The van der Waals surface area contributed by atoms with E-state index in [0.717, 1.165) is 42.5 Å². The van der Waals surface area contributed by atoms with Gasteiger partial charge in [-0.3, -0.25) is 9.78 Å². The molecule has 0 spiro atoms. The van der Waals surface area contributed by atoms with Crippen molar-refractivity contribution in [3.05, 3.63) is 60.2 Å². The average molecular weight is 492 g/mol. The molecule has 2 aromatic rings. The molecule has 2 amide bonds. The molecule has 190 valence electrons. The van der Waals surface area contributed by atoms with Gasteiger partial charge in [0.1, 0.15) is 11.9 Å². The van der Waals surface area contributed by atoms with Crippen molar-refractivity contribution in [2.45, 2.75) is 51.7 Å². The Balaban J connectivity index is 1.40. The summed E-state index contributed by atoms with van der Waals surface area (Å²) in [6, 6.07) is 10.3. The number of amides is 2. The number of urea groups is 1. The van der Waals surface area contributed by atoms with Crippen LogP contribution in [0.15, 0.2) is 48.7 Å². The zero-order valence-corrected chi connectivity index (χ0v) is 21.0. The molecule has 1 aromatic heterocycles. The molecular formula is C29H34FN3O3. The molecular weight excluding hydrogens is 457 g/mol. The fourth-order valence-electron chi connectivity index (χ4n) is 6.88. The topological polar surface area (TPSA) is 80.3 Å². The molecule has 1 aliphatic heterocycles. The number of benzene rings is 1. The number of aromatic nitrogens is 1. The maximum Gasteiger partial charge on any atom is 0.314 e. The Morgan fingerprint density at radius 3 is 2.78 bits per heavy atom. The summed E-state index contributed by atoms with van der Waals surface area (Å²) in [6.45, 7) is 4.35. The van der Waals surface area contributed by atoms with Gasteiger partial charge in [-0.25, -0.2) is 9.18 Å². The van der Waals surface area contributed by atoms with Gasteiger partial charge in [0.15, 0.2) is 0 Å². The first-order valence-corrected chi connectivity index (χ1v) is 12.9. The number of ether oxygens (including phenoxy) is 1. The maximum absolute atomic E-state index is 13.6. The Morgan fingerprint density at radius 2 is 2.06 bits per heavy atom. The van der Waals surface area contributed by atoms with Crippen LogP contribution in [0.25, 0.3) is 17.2 Å². The third-order valence-electron chi connectivity index (χ3n) is 8.84. The largest absolute Gasteiger partial charge is 0.462 e. The lowest BCUT2D eigenvalue weighted by Gasteiger charge is -2.55. The van der Waals surface area contributed by atoms with Crippen molar-refractivity contribution in [3.63, 3.8) is 0 Å². The molecule has 5 rings (SSSR count). The average Bonchev–Trinajstić information content (AvgIpc) is 3.15. The molecule has 0 unspecified atom stereocenters. The summed E-state index contributed by atoms with van der Waals surface area (Å²) in [4.78, 5) is 29.3. The van der Waals surface area contributed by atoms with Crippen molar-refractivity contribution in [3.8, 4) is 11.1 Å². The molecule has 0 radical (unpaired) electrons. The lowest BCUT2D eigenvalue weighted by molar-refractivity contribution is -0.145. The molecule has 6 nitrogen and oxygen atoms in total. The molecule has 2 aliphatic carbocycles. The highest BCUT2D eigenvalue weighted by Gasteiger charge is 2.59. The molecule has 36 heavy (non-hydrogen) atoms. The van der Waals surface area contributed by atoms with Crippen molar-refractivity contribution in [1.29, 1.82) is 0 Å². The lowest BCUT2D eigenvalue weighted by atomic mass is 9.49. The second-order valence-electron chi connectivity index (χ2n) is 10.8. The molecule has 2 saturated carbocycles. The summed E-state index contributed by atoms with van der Waals surface area (Å²) in [6.07, 6.45) is 9.47. The van der Waals surface area contributed by atoms with E-state index in [1.54, 1.807) is 19.3 Å². The van der Waals surface area contributed by atoms with Crippen LogP contribution in [0.3, 0.4) is 0 Å². The Hall–Kier alpha value is -3.22. The normalized spacial score (nSPS) is 33.5. The summed E-state index contributed by atoms with van der Waals surface area (Å²) in [5.74, 6) is 0.124. The van der Waals surface area contributed by atoms with Gasteiger partial charge in [0, 0.05) is 30.8 Å². The highest BCUT2D eigenvalue weighted by atomic mass is 19.1. The van der Waals surface area contributed by atoms with Crippen LogP contribution in [0.5, 0.6) is 0 Å². The predicted octanol–water partition coefficient (Wildman–Crippen LogP) is 5.20. The molecule has 1 saturated heterocycles. The molecule has 7 atom stereocenters. The number of cyclic esters (lactones) is 1. The molecule has 2 heterocycles. The Kier molecular flexibility index (Phi) is 6.58. The minimum absolute atomic E-state index is 0.00227. The van der Waals surface area contributed by atoms with E-state index < -0.39 is 0 Å². The van der Waals surface area contributed by atoms with E-state index >= 15 is 0 Å². The molecule has 2 N–H and O–H groups in total. The minimum atomic E-state index is -0.270. The number of esters is 1. The maximum atomic E-state index is 13.6. The van der Waals surface area contributed by atoms with Gasteiger partial charge in [-0.2, -0.15) is 0 Å². The van der Waals surface area contributed by atoms with Crippen LogP contribution >= 0.6 is 0 Å². The van der Waals surface area contributed by atoms with Gasteiger partial charge in [0.25, 0.3) is 0 Å². The van der Waals surface area contributed by atoms with E-state index in [1.165, 1.54) is 12.1 Å². The Bertz CT molecular complexity index is 1170. The van der Waals surface area contributed by atoms with Crippen molar-refractivity contribution in [2.75, 3.05) is 7.05 Å². The van der Waals surface area contributed by atoms with Gasteiger partial charge >= 0.3 is 12.0 Å². The number of allylic oxidation sites excluding steroid dienone is 1. The smallest absolute Gasteiger partial charge is 0.314 e. The first-order valence-electron chi connectivity index (χ1n) is 12.9. The summed E-state index contributed by atoms with van der Waals surface area (Å²) in [5.41, 5.74) is 2.48. The third-order valence-corrected chi connectivity index (χ3v) is 8.84. The first-order chi connectivity index (χ1) is 17.3. The van der Waals surface area contributed by atoms with Gasteiger partial charge in [0.05, 0.1) is 11.6 Å². The fraction of sp³-hybridized carbons (Fsp3) is 0.483. The number of nitrogens with one attached hydrogen (secondary N) is 2. The zero-order valence-electron chi connectivity index (χ0n) is 21.0. The standard InChI is InChI=1S/C29H34FN3O3/c1-17-26-24(27(34)36-17)15-20-14-23(33-28(35)31-3)11-12-29(20,2)25(26)10-9-22-8-7-19(16-32-22)18-5-4-6-21(30)13-18/h4-10,13,16-17,20,23-26H,11-12,14-15H2,1-3H3,(H2,31,33,35)/b10-9+/t17-,20+,23-,24-,25-,26-,29-/m1/s1. The summed E-state index contributed by atoms with van der Waals surface area (Å²) < 4.78 is 19.3. The third kappa shape index (κ3) is 4.51. The highest BCUT2D eigenvalue weighted by molar-refractivity contribution is 5.76. The van der Waals surface area contributed by atoms with E-state index in [2.05, 4.69) is 34.7 Å². The predicted molar refractivity (Wildman–Crippen MR) is 136 cm³/mol. The van der Waals surface area contributed by atoms with Crippen LogP contribution in [-0.4, -0.2) is 36.2 Å². The number of hydrogen-bond donors (Lipinski definition) is 2. The lowest BCUT2D eigenvalue weighted by Crippen LogP contribution is -2.54. The number of pyridine rings is 1. The van der Waals surface area contributed by atoms with Crippen molar-refractivity contribution in [1.82, 2.24) is 15.6 Å². The quantitative estimate of drug-likeness (QED) is 0.576. The summed E-state index contributed by atoms with van der Waals surface area (Å²) >= 11 is 0. The number of nitrogens with zero attached hydrogens (tertiary/aromatic N) is 1. The van der Waals surface area contributed by atoms with Crippen LogP contribution in [0.1, 0.15) is 45.2 Å². The molecule has 3 aliphatic rings. The van der Waals surface area contributed by atoms with E-state index in [9.17, 15) is 14.0 Å². The summed E-state index contributed by atoms with van der Waals surface area (Å²) in [5, 5.41) is 5.72. The fourth-order valence-corrected chi connectivity index (χ4v) is 6.88. The van der Waals surface area contributed by atoms with Gasteiger partial charge in [0.2, 0.25) is 0 Å². The Morgan fingerprint density at radius 1 is 1.22 bits per heavy atom. The molecule has 7 heteroatoms. The van der Waals surface area contributed by atoms with E-state index in [1.807, 2.05) is 25.1 Å². The zero-order chi connectivity index (χ0) is 25.4. The monoisotopic (exact) mass is 491 g/mol. The second kappa shape index (κ2) is 9.68.